The van der Waals surface area contributed by atoms with Crippen LogP contribution in [-0.2, 0) is 19.1 Å². The molecule has 0 amide bonds. The second kappa shape index (κ2) is 9.62. The molecule has 0 radical (unpaired) electrons. The number of ether oxygens (including phenoxy) is 2. The lowest BCUT2D eigenvalue weighted by Crippen LogP contribution is -2.02. The van der Waals surface area contributed by atoms with Crippen molar-refractivity contribution in [1.82, 2.24) is 0 Å². The largest absolute Gasteiger partial charge is 0.465 e. The summed E-state index contributed by atoms with van der Waals surface area (Å²) in [6.45, 7) is 1.26. The molecule has 0 aliphatic carbocycles. The zero-order valence-corrected chi connectivity index (χ0v) is 14.0. The Bertz CT molecular complexity index is 317. The van der Waals surface area contributed by atoms with Crippen LogP contribution in [0.2, 0.25) is 0 Å². The molecule has 2 aliphatic heterocycles. The monoisotopic (exact) mass is 332 g/mol. The van der Waals surface area contributed by atoms with Crippen molar-refractivity contribution < 1.29 is 19.1 Å². The quantitative estimate of drug-likeness (QED) is 0.453. The van der Waals surface area contributed by atoms with Crippen molar-refractivity contribution in [2.75, 3.05) is 36.2 Å². The normalized spacial score (nSPS) is 25.1. The highest BCUT2D eigenvalue weighted by atomic mass is 32.2. The number of rotatable bonds is 10. The van der Waals surface area contributed by atoms with Gasteiger partial charge >= 0.3 is 11.9 Å². The lowest BCUT2D eigenvalue weighted by atomic mass is 10.1. The molecule has 6 heteroatoms. The molecular formula is C15H24O4S2. The van der Waals surface area contributed by atoms with Crippen molar-refractivity contribution in [2.45, 2.75) is 32.1 Å². The Morgan fingerprint density at radius 3 is 1.67 bits per heavy atom. The Morgan fingerprint density at radius 2 is 1.29 bits per heavy atom. The summed E-state index contributed by atoms with van der Waals surface area (Å²) >= 11 is 3.96. The molecule has 4 nitrogen and oxygen atoms in total. The van der Waals surface area contributed by atoms with E-state index in [1.54, 1.807) is 0 Å². The third-order valence-electron chi connectivity index (χ3n) is 3.79. The van der Waals surface area contributed by atoms with Gasteiger partial charge in [0.1, 0.15) is 0 Å². The van der Waals surface area contributed by atoms with Gasteiger partial charge in [-0.25, -0.2) is 0 Å². The molecule has 0 saturated carbocycles. The van der Waals surface area contributed by atoms with Crippen LogP contribution in [0, 0.1) is 11.8 Å². The molecule has 2 fully saturated rings. The van der Waals surface area contributed by atoms with Gasteiger partial charge in [0.25, 0.3) is 0 Å². The fraction of sp³-hybridized carbons (Fsp3) is 0.867. The van der Waals surface area contributed by atoms with E-state index < -0.39 is 0 Å². The first-order chi connectivity index (χ1) is 10.2. The molecular weight excluding hydrogens is 308 g/mol. The maximum atomic E-state index is 10.9. The Morgan fingerprint density at radius 1 is 0.810 bits per heavy atom. The smallest absolute Gasteiger partial charge is 0.306 e. The van der Waals surface area contributed by atoms with Crippen molar-refractivity contribution in [2.24, 2.45) is 11.8 Å². The summed E-state index contributed by atoms with van der Waals surface area (Å²) in [5.74, 6) is 5.50. The van der Waals surface area contributed by atoms with E-state index in [4.69, 9.17) is 9.47 Å². The summed E-state index contributed by atoms with van der Waals surface area (Å²) in [4.78, 5) is 21.9. The van der Waals surface area contributed by atoms with Gasteiger partial charge < -0.3 is 9.47 Å². The molecule has 120 valence electrons. The van der Waals surface area contributed by atoms with E-state index in [-0.39, 0.29) is 11.9 Å². The molecule has 0 N–H and O–H groups in total. The van der Waals surface area contributed by atoms with Crippen molar-refractivity contribution in [3.05, 3.63) is 0 Å². The van der Waals surface area contributed by atoms with Gasteiger partial charge in [0.05, 0.1) is 26.1 Å². The average Bonchev–Trinajstić information content (AvgIpc) is 3.06. The Labute approximate surface area is 135 Å². The minimum absolute atomic E-state index is 0.0317. The van der Waals surface area contributed by atoms with Crippen LogP contribution >= 0.6 is 23.5 Å². The molecule has 0 bridgehead atoms. The molecule has 2 aliphatic rings. The van der Waals surface area contributed by atoms with E-state index in [0.29, 0.717) is 37.9 Å². The molecule has 2 atom stereocenters. The second-order valence-electron chi connectivity index (χ2n) is 5.66. The first-order valence-corrected chi connectivity index (χ1v) is 10.0. The summed E-state index contributed by atoms with van der Waals surface area (Å²) in [6, 6.07) is 0. The highest BCUT2D eigenvalue weighted by molar-refractivity contribution is 8.00. The van der Waals surface area contributed by atoms with E-state index in [1.807, 2.05) is 23.5 Å². The topological polar surface area (TPSA) is 52.6 Å². The lowest BCUT2D eigenvalue weighted by molar-refractivity contribution is -0.138. The third kappa shape index (κ3) is 6.96. The molecule has 0 aromatic carbocycles. The highest BCUT2D eigenvalue weighted by Crippen LogP contribution is 2.22. The molecule has 2 unspecified atom stereocenters. The fourth-order valence-corrected chi connectivity index (χ4v) is 4.75. The first kappa shape index (κ1) is 17.0. The van der Waals surface area contributed by atoms with Gasteiger partial charge in [-0.2, -0.15) is 23.5 Å². The van der Waals surface area contributed by atoms with E-state index >= 15 is 0 Å². The number of esters is 2. The molecule has 2 saturated heterocycles. The van der Waals surface area contributed by atoms with Crippen molar-refractivity contribution in [3.8, 4) is 0 Å². The summed E-state index contributed by atoms with van der Waals surface area (Å²) in [5.41, 5.74) is 0. The van der Waals surface area contributed by atoms with E-state index in [1.165, 1.54) is 17.9 Å². The van der Waals surface area contributed by atoms with Gasteiger partial charge in [0.15, 0.2) is 0 Å². The van der Waals surface area contributed by atoms with E-state index in [2.05, 4.69) is 0 Å². The van der Waals surface area contributed by atoms with Crippen LogP contribution in [-0.4, -0.2) is 48.2 Å². The molecule has 0 spiro atoms. The minimum atomic E-state index is -0.0317. The second-order valence-corrected chi connectivity index (χ2v) is 8.11. The number of hydrogen-bond acceptors (Lipinski definition) is 6. The van der Waals surface area contributed by atoms with Crippen molar-refractivity contribution in [3.63, 3.8) is 0 Å². The first-order valence-electron chi connectivity index (χ1n) is 7.71. The standard InChI is InChI=1S/C15H24O4S2/c16-14-8-12(10-18-14)2-6-20-4-1-5-21-7-3-13-9-15(17)19-11-13/h12-13H,1-11H2. The maximum Gasteiger partial charge on any atom is 0.306 e. The molecule has 2 rings (SSSR count). The van der Waals surface area contributed by atoms with Crippen LogP contribution in [0.5, 0.6) is 0 Å². The van der Waals surface area contributed by atoms with Gasteiger partial charge in [-0.1, -0.05) is 0 Å². The SMILES string of the molecule is O=C1CC(CCSCCCSCCC2COC(=O)C2)CO1. The zero-order valence-electron chi connectivity index (χ0n) is 12.4. The van der Waals surface area contributed by atoms with Crippen LogP contribution in [0.4, 0.5) is 0 Å². The number of hydrogen-bond donors (Lipinski definition) is 0. The van der Waals surface area contributed by atoms with Gasteiger partial charge in [0.2, 0.25) is 0 Å². The number of carbonyl (C=O) groups excluding carboxylic acids is 2. The van der Waals surface area contributed by atoms with Gasteiger partial charge in [-0.3, -0.25) is 9.59 Å². The molecule has 0 aromatic heterocycles. The van der Waals surface area contributed by atoms with Crippen LogP contribution in [0.15, 0.2) is 0 Å². The third-order valence-corrected chi connectivity index (χ3v) is 5.99. The summed E-state index contributed by atoms with van der Waals surface area (Å²) in [6.07, 6.45) is 4.65. The Balaban J connectivity index is 1.32. The Hall–Kier alpha value is -0.360. The number of carbonyl (C=O) groups is 2. The predicted octanol–water partition coefficient (Wildman–Crippen LogP) is 2.75. The molecule has 2 heterocycles. The van der Waals surface area contributed by atoms with E-state index in [9.17, 15) is 9.59 Å². The lowest BCUT2D eigenvalue weighted by Gasteiger charge is -2.07. The average molecular weight is 332 g/mol. The van der Waals surface area contributed by atoms with E-state index in [0.717, 1.165) is 24.3 Å². The highest BCUT2D eigenvalue weighted by Gasteiger charge is 2.23. The number of cyclic esters (lactones) is 2. The van der Waals surface area contributed by atoms with Crippen LogP contribution in [0.3, 0.4) is 0 Å². The maximum absolute atomic E-state index is 10.9. The Kier molecular flexibility index (Phi) is 7.78. The fourth-order valence-electron chi connectivity index (χ4n) is 2.47. The summed E-state index contributed by atoms with van der Waals surface area (Å²) in [5, 5.41) is 0. The predicted molar refractivity (Wildman–Crippen MR) is 86.6 cm³/mol. The summed E-state index contributed by atoms with van der Waals surface area (Å²) in [7, 11) is 0. The van der Waals surface area contributed by atoms with Crippen molar-refractivity contribution in [1.29, 1.82) is 0 Å². The van der Waals surface area contributed by atoms with Gasteiger partial charge in [-0.15, -0.1) is 0 Å². The van der Waals surface area contributed by atoms with Crippen LogP contribution < -0.4 is 0 Å². The zero-order chi connectivity index (χ0) is 14.9. The van der Waals surface area contributed by atoms with Gasteiger partial charge in [-0.05, 0) is 42.3 Å². The molecule has 0 aromatic rings. The number of thioether (sulfide) groups is 2. The van der Waals surface area contributed by atoms with Crippen molar-refractivity contribution >= 4 is 35.5 Å². The molecule has 21 heavy (non-hydrogen) atoms. The van der Waals surface area contributed by atoms with Gasteiger partial charge in [0, 0.05) is 11.8 Å². The van der Waals surface area contributed by atoms with Crippen LogP contribution in [0.1, 0.15) is 32.1 Å². The van der Waals surface area contributed by atoms with Crippen LogP contribution in [0.25, 0.3) is 0 Å². The summed E-state index contributed by atoms with van der Waals surface area (Å²) < 4.78 is 9.91. The minimum Gasteiger partial charge on any atom is -0.465 e.